The number of hydrogen-bond acceptors (Lipinski definition) is 1. The van der Waals surface area contributed by atoms with Crippen molar-refractivity contribution in [3.63, 3.8) is 0 Å². The molecule has 1 nitrogen and oxygen atoms in total. The molecule has 2 unspecified atom stereocenters. The van der Waals surface area contributed by atoms with Crippen LogP contribution in [-0.4, -0.2) is 6.21 Å². The van der Waals surface area contributed by atoms with Crippen LogP contribution >= 0.6 is 0 Å². The van der Waals surface area contributed by atoms with Gasteiger partial charge in [0.1, 0.15) is 0 Å². The molecule has 1 saturated carbocycles. The van der Waals surface area contributed by atoms with E-state index in [1.807, 2.05) is 24.4 Å². The summed E-state index contributed by atoms with van der Waals surface area (Å²) in [5, 5.41) is 0. The van der Waals surface area contributed by atoms with Crippen molar-refractivity contribution in [2.75, 3.05) is 0 Å². The second kappa shape index (κ2) is 5.95. The summed E-state index contributed by atoms with van der Waals surface area (Å²) in [5.41, 5.74) is 1.50. The summed E-state index contributed by atoms with van der Waals surface area (Å²) in [6, 6.07) is 15.5. The molecule has 0 aromatic heterocycles. The van der Waals surface area contributed by atoms with E-state index in [4.69, 9.17) is 0 Å². The minimum absolute atomic E-state index is 0.427. The second-order valence-corrected chi connectivity index (χ2v) is 5.60. The molecule has 0 N–H and O–H groups in total. The molecular formula is C18H16F3N. The molecule has 0 spiro atoms. The lowest BCUT2D eigenvalue weighted by Gasteiger charge is -2.06. The van der Waals surface area contributed by atoms with Gasteiger partial charge in [0.05, 0.1) is 12.1 Å². The van der Waals surface area contributed by atoms with Gasteiger partial charge in [0, 0.05) is 12.1 Å². The topological polar surface area (TPSA) is 12.4 Å². The highest BCUT2D eigenvalue weighted by Crippen LogP contribution is 2.46. The maximum Gasteiger partial charge on any atom is 0.416 e. The van der Waals surface area contributed by atoms with E-state index < -0.39 is 11.7 Å². The van der Waals surface area contributed by atoms with Crippen molar-refractivity contribution in [1.82, 2.24) is 0 Å². The zero-order valence-electron chi connectivity index (χ0n) is 11.9. The molecule has 2 aromatic rings. The van der Waals surface area contributed by atoms with Gasteiger partial charge in [-0.05, 0) is 35.6 Å². The van der Waals surface area contributed by atoms with Gasteiger partial charge in [-0.3, -0.25) is 4.99 Å². The minimum atomic E-state index is -4.28. The third kappa shape index (κ3) is 3.56. The standard InChI is InChI=1S/C18H16F3N/c19-18(20,21)16-8-6-13(7-9-16)11-22-12-15-10-17(15)14-4-2-1-3-5-14/h1-9,12,15,17H,10-11H2. The van der Waals surface area contributed by atoms with Crippen LogP contribution in [0.1, 0.15) is 29.0 Å². The summed E-state index contributed by atoms with van der Waals surface area (Å²) in [6.07, 6.45) is -1.24. The molecule has 3 rings (SSSR count). The number of aliphatic imine (C=N–C) groups is 1. The van der Waals surface area contributed by atoms with Gasteiger partial charge >= 0.3 is 6.18 Å². The van der Waals surface area contributed by atoms with E-state index in [0.717, 1.165) is 24.1 Å². The number of alkyl halides is 3. The predicted molar refractivity (Wildman–Crippen MR) is 80.9 cm³/mol. The maximum absolute atomic E-state index is 12.5. The molecule has 0 aliphatic heterocycles. The van der Waals surface area contributed by atoms with Crippen molar-refractivity contribution in [1.29, 1.82) is 0 Å². The first-order valence-electron chi connectivity index (χ1n) is 7.25. The molecule has 0 saturated heterocycles. The van der Waals surface area contributed by atoms with Crippen LogP contribution in [0.15, 0.2) is 59.6 Å². The number of halogens is 3. The Kier molecular flexibility index (Phi) is 4.01. The summed E-state index contributed by atoms with van der Waals surface area (Å²) in [4.78, 5) is 4.36. The molecule has 1 aliphatic carbocycles. The summed E-state index contributed by atoms with van der Waals surface area (Å²) < 4.78 is 37.4. The second-order valence-electron chi connectivity index (χ2n) is 5.60. The van der Waals surface area contributed by atoms with Crippen LogP contribution in [0, 0.1) is 5.92 Å². The van der Waals surface area contributed by atoms with Crippen LogP contribution in [0.4, 0.5) is 13.2 Å². The Morgan fingerprint density at radius 1 is 1.00 bits per heavy atom. The largest absolute Gasteiger partial charge is 0.416 e. The molecule has 4 heteroatoms. The highest BCUT2D eigenvalue weighted by molar-refractivity contribution is 5.67. The quantitative estimate of drug-likeness (QED) is 0.698. The molecule has 0 amide bonds. The summed E-state index contributed by atoms with van der Waals surface area (Å²) in [5.74, 6) is 0.995. The lowest BCUT2D eigenvalue weighted by molar-refractivity contribution is -0.137. The van der Waals surface area contributed by atoms with Gasteiger partial charge in [-0.15, -0.1) is 0 Å². The van der Waals surface area contributed by atoms with Crippen LogP contribution in [0.5, 0.6) is 0 Å². The molecule has 2 aromatic carbocycles. The van der Waals surface area contributed by atoms with Crippen molar-refractivity contribution in [2.45, 2.75) is 25.1 Å². The average Bonchev–Trinajstić information content (AvgIpc) is 3.27. The monoisotopic (exact) mass is 303 g/mol. The first kappa shape index (κ1) is 14.8. The molecule has 1 fully saturated rings. The van der Waals surface area contributed by atoms with Crippen molar-refractivity contribution < 1.29 is 13.2 Å². The fraction of sp³-hybridized carbons (Fsp3) is 0.278. The van der Waals surface area contributed by atoms with Gasteiger partial charge in [-0.25, -0.2) is 0 Å². The van der Waals surface area contributed by atoms with E-state index in [1.54, 1.807) is 0 Å². The van der Waals surface area contributed by atoms with Gasteiger partial charge < -0.3 is 0 Å². The van der Waals surface area contributed by atoms with Crippen LogP contribution < -0.4 is 0 Å². The van der Waals surface area contributed by atoms with E-state index in [9.17, 15) is 13.2 Å². The van der Waals surface area contributed by atoms with Crippen molar-refractivity contribution >= 4 is 6.21 Å². The molecule has 1 aliphatic rings. The van der Waals surface area contributed by atoms with Gasteiger partial charge in [-0.1, -0.05) is 42.5 Å². The van der Waals surface area contributed by atoms with Gasteiger partial charge in [-0.2, -0.15) is 13.2 Å². The van der Waals surface area contributed by atoms with Crippen LogP contribution in [0.2, 0.25) is 0 Å². The zero-order valence-corrected chi connectivity index (χ0v) is 11.9. The Balaban J connectivity index is 1.53. The first-order valence-corrected chi connectivity index (χ1v) is 7.25. The van der Waals surface area contributed by atoms with E-state index in [0.29, 0.717) is 18.4 Å². The smallest absolute Gasteiger partial charge is 0.292 e. The molecular weight excluding hydrogens is 287 g/mol. The number of rotatable bonds is 4. The van der Waals surface area contributed by atoms with Crippen LogP contribution in [0.25, 0.3) is 0 Å². The number of benzene rings is 2. The summed E-state index contributed by atoms with van der Waals surface area (Å²) in [6.45, 7) is 0.427. The average molecular weight is 303 g/mol. The Labute approximate surface area is 127 Å². The first-order chi connectivity index (χ1) is 10.5. The minimum Gasteiger partial charge on any atom is -0.292 e. The van der Waals surface area contributed by atoms with E-state index in [2.05, 4.69) is 17.1 Å². The molecule has 0 bridgehead atoms. The normalized spacial score (nSPS) is 21.2. The van der Waals surface area contributed by atoms with E-state index >= 15 is 0 Å². The number of hydrogen-bond donors (Lipinski definition) is 0. The molecule has 114 valence electrons. The maximum atomic E-state index is 12.5. The van der Waals surface area contributed by atoms with Crippen LogP contribution in [-0.2, 0) is 12.7 Å². The van der Waals surface area contributed by atoms with Crippen molar-refractivity contribution in [2.24, 2.45) is 10.9 Å². The third-order valence-corrected chi connectivity index (χ3v) is 3.92. The number of nitrogens with zero attached hydrogens (tertiary/aromatic N) is 1. The zero-order chi connectivity index (χ0) is 15.6. The van der Waals surface area contributed by atoms with Crippen molar-refractivity contribution in [3.8, 4) is 0 Å². The van der Waals surface area contributed by atoms with Crippen LogP contribution in [0.3, 0.4) is 0 Å². The highest BCUT2D eigenvalue weighted by atomic mass is 19.4. The molecule has 22 heavy (non-hydrogen) atoms. The Morgan fingerprint density at radius 2 is 1.68 bits per heavy atom. The van der Waals surface area contributed by atoms with Gasteiger partial charge in [0.25, 0.3) is 0 Å². The van der Waals surface area contributed by atoms with Gasteiger partial charge in [0.15, 0.2) is 0 Å². The summed E-state index contributed by atoms with van der Waals surface area (Å²) >= 11 is 0. The highest BCUT2D eigenvalue weighted by Gasteiger charge is 2.36. The third-order valence-electron chi connectivity index (χ3n) is 3.92. The SMILES string of the molecule is FC(F)(F)c1ccc(CN=CC2CC2c2ccccc2)cc1. The lowest BCUT2D eigenvalue weighted by Crippen LogP contribution is -2.04. The van der Waals surface area contributed by atoms with Gasteiger partial charge in [0.2, 0.25) is 0 Å². The Bertz CT molecular complexity index is 644. The van der Waals surface area contributed by atoms with E-state index in [-0.39, 0.29) is 0 Å². The molecule has 0 heterocycles. The van der Waals surface area contributed by atoms with Crippen molar-refractivity contribution in [3.05, 3.63) is 71.3 Å². The molecule has 0 radical (unpaired) electrons. The Morgan fingerprint density at radius 3 is 2.32 bits per heavy atom. The lowest BCUT2D eigenvalue weighted by atomic mass is 10.1. The fourth-order valence-electron chi connectivity index (χ4n) is 2.56. The molecule has 2 atom stereocenters. The predicted octanol–water partition coefficient (Wildman–Crippen LogP) is 5.08. The fourth-order valence-corrected chi connectivity index (χ4v) is 2.56. The van der Waals surface area contributed by atoms with E-state index in [1.165, 1.54) is 17.7 Å². The Hall–Kier alpha value is -2.10. The summed E-state index contributed by atoms with van der Waals surface area (Å²) in [7, 11) is 0.